The molecule has 1 aromatic heterocycles. The lowest BCUT2D eigenvalue weighted by Crippen LogP contribution is -2.59. The van der Waals surface area contributed by atoms with Crippen LogP contribution < -0.4 is 21.4 Å². The molecule has 2 aromatic carbocycles. The van der Waals surface area contributed by atoms with Crippen LogP contribution in [0.1, 0.15) is 76.8 Å². The average Bonchev–Trinajstić information content (AvgIpc) is 3.11. The lowest BCUT2D eigenvalue weighted by atomic mass is 9.84. The highest BCUT2D eigenvalue weighted by Gasteiger charge is 2.41. The monoisotopic (exact) mass is 726 g/mol. The summed E-state index contributed by atoms with van der Waals surface area (Å²) >= 11 is 0. The Morgan fingerprint density at radius 2 is 1.43 bits per heavy atom. The zero-order valence-corrected chi connectivity index (χ0v) is 32.1. The highest BCUT2D eigenvalue weighted by molar-refractivity contribution is 5.92. The Morgan fingerprint density at radius 3 is 2.00 bits per heavy atom. The summed E-state index contributed by atoms with van der Waals surface area (Å²) in [4.78, 5) is 56.9. The van der Waals surface area contributed by atoms with E-state index in [-0.39, 0.29) is 38.3 Å². The number of likely N-dealkylation sites (N-methyl/N-ethyl adjacent to an activating group) is 1. The highest BCUT2D eigenvalue weighted by Crippen LogP contribution is 2.25. The van der Waals surface area contributed by atoms with E-state index in [1.165, 1.54) is 14.2 Å². The number of carbonyl (C=O) groups excluding carboxylic acids is 4. The number of rotatable bonds is 14. The summed E-state index contributed by atoms with van der Waals surface area (Å²) in [6.07, 6.45) is 1.23. The maximum atomic E-state index is 13.9. The predicted octanol–water partition coefficient (Wildman–Crippen LogP) is 4.12. The number of aliphatic hydroxyl groups is 1. The Balaban J connectivity index is 1.88. The summed E-state index contributed by atoms with van der Waals surface area (Å²) < 4.78 is 4.78. The molecule has 284 valence electrons. The van der Waals surface area contributed by atoms with Crippen molar-refractivity contribution in [2.75, 3.05) is 20.7 Å². The fourth-order valence-electron chi connectivity index (χ4n) is 5.60. The predicted molar refractivity (Wildman–Crippen MR) is 204 cm³/mol. The maximum absolute atomic E-state index is 13.9. The fourth-order valence-corrected chi connectivity index (χ4v) is 5.60. The number of hydrazine groups is 1. The van der Waals surface area contributed by atoms with Gasteiger partial charge in [0.1, 0.15) is 23.4 Å². The van der Waals surface area contributed by atoms with Crippen LogP contribution in [0.3, 0.4) is 0 Å². The minimum Gasteiger partial charge on any atom is -0.453 e. The molecular formula is C41H54N6O6. The second-order valence-corrected chi connectivity index (χ2v) is 15.2. The van der Waals surface area contributed by atoms with Gasteiger partial charge in [-0.25, -0.2) is 14.8 Å². The van der Waals surface area contributed by atoms with E-state index in [2.05, 4.69) is 38.2 Å². The molecule has 12 heteroatoms. The summed E-state index contributed by atoms with van der Waals surface area (Å²) in [5.41, 5.74) is 2.82. The van der Waals surface area contributed by atoms with Crippen LogP contribution >= 0.6 is 0 Å². The van der Waals surface area contributed by atoms with Crippen LogP contribution in [0.4, 0.5) is 4.79 Å². The van der Waals surface area contributed by atoms with E-state index in [4.69, 9.17) is 4.74 Å². The number of methoxy groups -OCH3 is 1. The summed E-state index contributed by atoms with van der Waals surface area (Å²) in [6, 6.07) is 20.4. The van der Waals surface area contributed by atoms with Crippen molar-refractivity contribution < 1.29 is 29.0 Å². The number of pyridine rings is 1. The molecule has 0 unspecified atom stereocenters. The fraction of sp³-hybridized carbons (Fsp3) is 0.439. The van der Waals surface area contributed by atoms with Crippen molar-refractivity contribution in [2.45, 2.75) is 85.0 Å². The van der Waals surface area contributed by atoms with Crippen molar-refractivity contribution in [1.82, 2.24) is 31.4 Å². The van der Waals surface area contributed by atoms with E-state index in [1.54, 1.807) is 11.2 Å². The third kappa shape index (κ3) is 13.3. The summed E-state index contributed by atoms with van der Waals surface area (Å²) in [5, 5.41) is 21.8. The molecule has 0 fully saturated rings. The van der Waals surface area contributed by atoms with Crippen molar-refractivity contribution in [2.24, 2.45) is 10.8 Å². The lowest BCUT2D eigenvalue weighted by molar-refractivity contribution is -0.145. The van der Waals surface area contributed by atoms with Crippen LogP contribution in [0.5, 0.6) is 0 Å². The van der Waals surface area contributed by atoms with Gasteiger partial charge in [-0.15, -0.1) is 0 Å². The van der Waals surface area contributed by atoms with Gasteiger partial charge in [-0.1, -0.05) is 96.0 Å². The van der Waals surface area contributed by atoms with Gasteiger partial charge >= 0.3 is 6.09 Å². The summed E-state index contributed by atoms with van der Waals surface area (Å²) in [5.74, 6) is 4.64. The van der Waals surface area contributed by atoms with Gasteiger partial charge in [0.25, 0.3) is 11.8 Å². The molecule has 3 aromatic rings. The molecule has 12 nitrogen and oxygen atoms in total. The van der Waals surface area contributed by atoms with Gasteiger partial charge in [0.2, 0.25) is 5.91 Å². The number of benzene rings is 2. The summed E-state index contributed by atoms with van der Waals surface area (Å²) in [6.45, 7) is 11.5. The van der Waals surface area contributed by atoms with Crippen LogP contribution in [-0.4, -0.2) is 77.3 Å². The van der Waals surface area contributed by atoms with E-state index in [0.29, 0.717) is 5.69 Å². The van der Waals surface area contributed by atoms with Crippen molar-refractivity contribution >= 4 is 23.8 Å². The summed E-state index contributed by atoms with van der Waals surface area (Å²) in [7, 11) is 2.73. The Morgan fingerprint density at radius 1 is 0.811 bits per heavy atom. The Kier molecular flexibility index (Phi) is 15.1. The Bertz CT molecular complexity index is 1730. The first-order valence-electron chi connectivity index (χ1n) is 17.7. The van der Waals surface area contributed by atoms with Crippen molar-refractivity contribution in [3.05, 3.63) is 101 Å². The molecule has 0 spiro atoms. The topological polar surface area (TPSA) is 162 Å². The largest absolute Gasteiger partial charge is 0.453 e. The highest BCUT2D eigenvalue weighted by atomic mass is 16.5. The number of hydrogen-bond donors (Lipinski definition) is 5. The van der Waals surface area contributed by atoms with E-state index in [1.807, 2.05) is 114 Å². The molecule has 0 aliphatic heterocycles. The number of alkyl carbamates (subject to hydrolysis) is 1. The first-order valence-corrected chi connectivity index (χ1v) is 17.7. The van der Waals surface area contributed by atoms with Gasteiger partial charge in [-0.3, -0.25) is 19.8 Å². The molecule has 0 bridgehead atoms. The number of carbonyl (C=O) groups is 4. The van der Waals surface area contributed by atoms with Gasteiger partial charge < -0.3 is 25.8 Å². The number of nitrogens with zero attached hydrogens (tertiary/aromatic N) is 2. The molecule has 0 aliphatic rings. The number of aromatic nitrogens is 1. The number of nitrogens with one attached hydrogen (secondary N) is 4. The van der Waals surface area contributed by atoms with Gasteiger partial charge in [0, 0.05) is 38.3 Å². The molecule has 0 saturated heterocycles. The Hall–Kier alpha value is -5.25. The molecule has 0 saturated carbocycles. The van der Waals surface area contributed by atoms with Gasteiger partial charge in [0.05, 0.1) is 7.11 Å². The van der Waals surface area contributed by atoms with Crippen LogP contribution in [-0.2, 0) is 32.1 Å². The molecule has 1 heterocycles. The first kappa shape index (κ1) is 42.2. The molecule has 3 atom stereocenters. The SMILES string of the molecule is CNC(=O)[C@@H](NC(=O)[C@@](O)(CCCN(Cc1ccc(C#Cc2ccccn2)cc1)NC(=O)[C@@H](NC(=O)OC)C(C)(C)C)Cc1ccccc1)C(C)(C)C. The molecule has 4 amide bonds. The molecule has 0 aliphatic carbocycles. The van der Waals surface area contributed by atoms with Crippen molar-refractivity contribution in [3.8, 4) is 11.8 Å². The zero-order chi connectivity index (χ0) is 39.2. The normalized spacial score (nSPS) is 13.7. The smallest absolute Gasteiger partial charge is 0.407 e. The lowest BCUT2D eigenvalue weighted by Gasteiger charge is -2.35. The van der Waals surface area contributed by atoms with E-state index in [0.717, 1.165) is 16.7 Å². The molecule has 0 radical (unpaired) electrons. The third-order valence-corrected chi connectivity index (χ3v) is 8.60. The number of ether oxygens (including phenoxy) is 1. The first-order chi connectivity index (χ1) is 24.9. The minimum atomic E-state index is -1.89. The number of amides is 4. The van der Waals surface area contributed by atoms with Crippen LogP contribution in [0.25, 0.3) is 0 Å². The average molecular weight is 727 g/mol. The molecule has 5 N–H and O–H groups in total. The zero-order valence-electron chi connectivity index (χ0n) is 32.1. The molecule has 53 heavy (non-hydrogen) atoms. The van der Waals surface area contributed by atoms with Gasteiger partial charge in [-0.2, -0.15) is 0 Å². The quantitative estimate of drug-likeness (QED) is 0.123. The van der Waals surface area contributed by atoms with Crippen LogP contribution in [0.2, 0.25) is 0 Å². The van der Waals surface area contributed by atoms with E-state index in [9.17, 15) is 24.3 Å². The van der Waals surface area contributed by atoms with Gasteiger partial charge in [-0.05, 0) is 65.0 Å². The van der Waals surface area contributed by atoms with Crippen LogP contribution in [0, 0.1) is 22.7 Å². The van der Waals surface area contributed by atoms with E-state index < -0.39 is 46.4 Å². The third-order valence-electron chi connectivity index (χ3n) is 8.60. The minimum absolute atomic E-state index is 0.00673. The second kappa shape index (κ2) is 19.0. The Labute approximate surface area is 313 Å². The number of hydrogen-bond acceptors (Lipinski definition) is 8. The second-order valence-electron chi connectivity index (χ2n) is 15.2. The maximum Gasteiger partial charge on any atom is 0.407 e. The molecule has 3 rings (SSSR count). The van der Waals surface area contributed by atoms with Crippen molar-refractivity contribution in [3.63, 3.8) is 0 Å². The van der Waals surface area contributed by atoms with Crippen molar-refractivity contribution in [1.29, 1.82) is 0 Å². The standard InChI is InChI=1S/C41H54N6O6/c1-39(2,3)33(35(48)42-7)44-37(50)41(52,27-30-15-10-9-11-16-30)24-14-26-47(46-36(49)34(40(4,5)6)45-38(51)53-8)28-31-20-18-29(19-21-31)22-23-32-17-12-13-25-43-32/h9-13,15-21,25,33-34,52H,14,24,26-28H2,1-8H3,(H,42,48)(H,44,50)(H,45,51)(H,46,49)/t33-,34-,41-/m1/s1. The van der Waals surface area contributed by atoms with Gasteiger partial charge in [0.15, 0.2) is 0 Å². The van der Waals surface area contributed by atoms with E-state index >= 15 is 0 Å². The van der Waals surface area contributed by atoms with Crippen LogP contribution in [0.15, 0.2) is 79.0 Å². The molecular weight excluding hydrogens is 672 g/mol.